The molecule has 83 heavy (non-hydrogen) atoms. The summed E-state index contributed by atoms with van der Waals surface area (Å²) in [5.41, 5.74) is -2.20. The van der Waals surface area contributed by atoms with Gasteiger partial charge < -0.3 is 54.2 Å². The summed E-state index contributed by atoms with van der Waals surface area (Å²) in [5.74, 6) is -2.01. The summed E-state index contributed by atoms with van der Waals surface area (Å²) in [5, 5.41) is 49.6. The first-order chi connectivity index (χ1) is 38.1. The number of imidazole rings is 1. The topological polar surface area (TPSA) is 367 Å². The van der Waals surface area contributed by atoms with Crippen molar-refractivity contribution >= 4 is 90.1 Å². The largest absolute Gasteiger partial charge is 2.00 e. The van der Waals surface area contributed by atoms with E-state index in [1.165, 1.54) is 8.99 Å². The molecule has 5 aromatic carbocycles. The van der Waals surface area contributed by atoms with E-state index in [1.807, 2.05) is 20.9 Å². The second-order valence-electron chi connectivity index (χ2n) is 17.6. The number of nitrogens with one attached hydrogen (secondary N) is 2. The average Bonchev–Trinajstić information content (AvgIpc) is 4.17. The Balaban J connectivity index is 0.000000221. The number of aromatic hydroxyl groups is 5. The molecule has 1 saturated heterocycles. The number of ether oxygens (including phenoxy) is 1. The van der Waals surface area contributed by atoms with Gasteiger partial charge in [0, 0.05) is 45.4 Å². The van der Waals surface area contributed by atoms with Gasteiger partial charge in [-0.1, -0.05) is 13.3 Å². The zero-order valence-corrected chi connectivity index (χ0v) is 48.4. The summed E-state index contributed by atoms with van der Waals surface area (Å²) in [6.07, 6.45) is -7.82. The van der Waals surface area contributed by atoms with E-state index in [-0.39, 0.29) is 76.5 Å². The Kier molecular flexibility index (Phi) is 21.2. The number of hydrogen-bond donors (Lipinski definition) is 7. The molecule has 4 heterocycles. The van der Waals surface area contributed by atoms with Gasteiger partial charge in [-0.05, 0) is 99.3 Å². The number of likely N-dealkylation sites (N-methyl/N-ethyl adjacent to an activating group) is 1. The van der Waals surface area contributed by atoms with Crippen molar-refractivity contribution in [3.8, 4) is 51.6 Å². The second kappa shape index (κ2) is 26.3. The van der Waals surface area contributed by atoms with Gasteiger partial charge in [0.15, 0.2) is 5.52 Å². The number of aryl methyl sites for hydroxylation is 2. The SMILES string of the molecule is CCCc1nn(C)c2c(=O)[nH]c(-c3cc(S(=O)(=O)N4CCN(C)CC4)ccc3OCC)nc12.O=S(=O)([O-])c1cc(O)ccc1O.O=S(=O)([O-])c1cc(O)ccc1O.O=c1[nH]c2cc(C(F)(F)F)ccc2n1-c1cc(C(F)(F)F)ccc1O.[Ca+2]. The van der Waals surface area contributed by atoms with Gasteiger partial charge in [-0.2, -0.15) is 35.7 Å². The van der Waals surface area contributed by atoms with Crippen LogP contribution in [0.4, 0.5) is 26.3 Å². The number of alkyl halides is 6. The fourth-order valence-corrected chi connectivity index (χ4v) is 10.5. The molecule has 9 rings (SSSR count). The number of nitrogens with zero attached hydrogens (tertiary/aromatic N) is 6. The molecule has 0 unspecified atom stereocenters. The molecule has 0 amide bonds. The monoisotopic (exact) mass is 1250 g/mol. The average molecular weight is 1260 g/mol. The predicted octanol–water partition coefficient (Wildman–Crippen LogP) is 5.30. The number of aromatic nitrogens is 6. The molecule has 442 valence electrons. The molecule has 0 aliphatic carbocycles. The summed E-state index contributed by atoms with van der Waals surface area (Å²) in [6, 6.07) is 14.3. The number of piperazine rings is 1. The van der Waals surface area contributed by atoms with Crippen LogP contribution in [0.3, 0.4) is 0 Å². The van der Waals surface area contributed by atoms with Gasteiger partial charge in [-0.15, -0.1) is 0 Å². The van der Waals surface area contributed by atoms with Crippen LogP contribution in [0.15, 0.2) is 115 Å². The molecule has 1 fully saturated rings. The Bertz CT molecular complexity index is 4070. The number of phenols is 5. The summed E-state index contributed by atoms with van der Waals surface area (Å²) < 4.78 is 175. The van der Waals surface area contributed by atoms with E-state index in [1.54, 1.807) is 25.2 Å². The molecule has 0 atom stereocenters. The molecule has 0 bridgehead atoms. The van der Waals surface area contributed by atoms with E-state index in [0.29, 0.717) is 103 Å². The molecule has 0 radical (unpaired) electrons. The number of fused-ring (bicyclic) bond motifs is 2. The van der Waals surface area contributed by atoms with E-state index in [2.05, 4.69) is 20.0 Å². The molecule has 7 N–H and O–H groups in total. The summed E-state index contributed by atoms with van der Waals surface area (Å²) >= 11 is 0. The van der Waals surface area contributed by atoms with Gasteiger partial charge in [-0.25, -0.2) is 35.0 Å². The molecule has 8 aromatic rings. The standard InChI is InChI=1S/C22H30N6O4S.C15H8F6N2O2.2C6H6O5S.Ca/c1-5-7-17-19-20(27(4)25-17)22(29)24-21(23-19)16-14-15(8-9-18(16)32-6-2)33(30,31)28-12-10-26(3)11-13-28;16-14(17,18)7-1-3-10-9(5-7)22-13(25)23(10)11-6-8(15(19,20)21)2-4-12(11)24;2*7-4-1-2-5(8)6(3-4)12(9,10)11;/h8-9,14H,5-7,10-13H2,1-4H3,(H,23,24,29);1-6,24H,(H,22,25);2*1-3,7-8H,(H,9,10,11);/q;;;;+2/p-2. The smallest absolute Gasteiger partial charge is 0.744 e. The quantitative estimate of drug-likeness (QED) is 0.0395. The van der Waals surface area contributed by atoms with E-state index in [4.69, 9.17) is 30.1 Å². The Hall–Kier alpha value is -6.95. The first kappa shape index (κ1) is 66.8. The minimum Gasteiger partial charge on any atom is -0.744 e. The van der Waals surface area contributed by atoms with Crippen LogP contribution >= 0.6 is 0 Å². The van der Waals surface area contributed by atoms with E-state index >= 15 is 0 Å². The molecule has 1 aliphatic rings. The van der Waals surface area contributed by atoms with Crippen LogP contribution in [-0.4, -0.2) is 176 Å². The van der Waals surface area contributed by atoms with Crippen LogP contribution < -0.4 is 16.0 Å². The third-order valence-corrected chi connectivity index (χ3v) is 15.5. The van der Waals surface area contributed by atoms with Crippen LogP contribution in [0.2, 0.25) is 0 Å². The van der Waals surface area contributed by atoms with E-state index in [9.17, 15) is 75.4 Å². The molecule has 34 heteroatoms. The van der Waals surface area contributed by atoms with Gasteiger partial charge in [0.05, 0.1) is 60.4 Å². The fourth-order valence-electron chi connectivity index (χ4n) is 7.91. The number of sulfonamides is 1. The maximum Gasteiger partial charge on any atom is 2.00 e. The first-order valence-corrected chi connectivity index (χ1v) is 27.9. The van der Waals surface area contributed by atoms with Crippen LogP contribution in [0.1, 0.15) is 37.1 Å². The van der Waals surface area contributed by atoms with Gasteiger partial charge in [0.25, 0.3) is 5.56 Å². The van der Waals surface area contributed by atoms with Crippen molar-refractivity contribution in [3.63, 3.8) is 0 Å². The van der Waals surface area contributed by atoms with Crippen LogP contribution in [0, 0.1) is 0 Å². The predicted molar refractivity (Wildman–Crippen MR) is 283 cm³/mol. The minimum atomic E-state index is -4.72. The number of aromatic amines is 2. The molecular weight excluding hydrogens is 1210 g/mol. The second-order valence-corrected chi connectivity index (χ2v) is 22.3. The molecular formula is C49H48CaF6N8O16S3. The number of halogens is 6. The van der Waals surface area contributed by atoms with Crippen LogP contribution in [0.25, 0.3) is 39.1 Å². The van der Waals surface area contributed by atoms with Crippen molar-refractivity contribution in [2.45, 2.75) is 53.7 Å². The van der Waals surface area contributed by atoms with Gasteiger partial charge >= 0.3 is 55.8 Å². The molecule has 1 aliphatic heterocycles. The Morgan fingerprint density at radius 2 is 1.20 bits per heavy atom. The molecule has 0 spiro atoms. The normalized spacial score (nSPS) is 13.4. The Morgan fingerprint density at radius 3 is 1.71 bits per heavy atom. The third kappa shape index (κ3) is 16.0. The van der Waals surface area contributed by atoms with Crippen molar-refractivity contribution in [1.82, 2.24) is 38.5 Å². The van der Waals surface area contributed by atoms with Crippen molar-refractivity contribution in [1.29, 1.82) is 0 Å². The van der Waals surface area contributed by atoms with Crippen molar-refractivity contribution in [2.24, 2.45) is 7.05 Å². The van der Waals surface area contributed by atoms with Crippen LogP contribution in [0.5, 0.6) is 34.5 Å². The zero-order chi connectivity index (χ0) is 61.0. The number of H-pyrrole nitrogens is 2. The number of rotatable bonds is 10. The first-order valence-electron chi connectivity index (χ1n) is 23.7. The number of phenolic OH excluding ortho intramolecular Hbond substituents is 5. The van der Waals surface area contributed by atoms with Crippen molar-refractivity contribution in [2.75, 3.05) is 39.8 Å². The van der Waals surface area contributed by atoms with Crippen molar-refractivity contribution < 1.29 is 91.0 Å². The van der Waals surface area contributed by atoms with Crippen LogP contribution in [-0.2, 0) is 56.1 Å². The van der Waals surface area contributed by atoms with E-state index in [0.717, 1.165) is 48.5 Å². The van der Waals surface area contributed by atoms with Gasteiger partial charge in [-0.3, -0.25) is 14.0 Å². The van der Waals surface area contributed by atoms with Gasteiger partial charge in [0.1, 0.15) is 66.1 Å². The van der Waals surface area contributed by atoms with Gasteiger partial charge in [0.2, 0.25) is 10.0 Å². The molecule has 3 aromatic heterocycles. The fraction of sp³-hybridized carbons (Fsp3) is 0.265. The molecule has 0 saturated carbocycles. The summed E-state index contributed by atoms with van der Waals surface area (Å²) in [4.78, 5) is 35.2. The third-order valence-electron chi connectivity index (χ3n) is 11.8. The minimum absolute atomic E-state index is 0. The Labute approximate surface area is 497 Å². The zero-order valence-electron chi connectivity index (χ0n) is 43.7. The van der Waals surface area contributed by atoms with Crippen molar-refractivity contribution in [3.05, 3.63) is 129 Å². The maximum absolute atomic E-state index is 13.3. The Morgan fingerprint density at radius 1 is 0.675 bits per heavy atom. The molecule has 24 nitrogen and oxygen atoms in total. The summed E-state index contributed by atoms with van der Waals surface area (Å²) in [6.45, 7) is 6.48. The summed E-state index contributed by atoms with van der Waals surface area (Å²) in [7, 11) is -9.44. The number of benzene rings is 5. The van der Waals surface area contributed by atoms with E-state index < -0.39 is 92.2 Å². The number of hydrogen-bond acceptors (Lipinski definition) is 19. The maximum atomic E-state index is 13.3.